The molecule has 2 aromatic carbocycles. The van der Waals surface area contributed by atoms with Gasteiger partial charge in [-0.25, -0.2) is 18.0 Å². The van der Waals surface area contributed by atoms with Crippen molar-refractivity contribution in [3.8, 4) is 0 Å². The molecule has 41 heavy (non-hydrogen) atoms. The van der Waals surface area contributed by atoms with E-state index in [0.717, 1.165) is 6.20 Å². The standard InChI is InChI=1S/C29H32F3N5O4/c1-16-25(15-40-29(34)39)36-12-21(41-16)10-11-22-23(32)13-35-14-24(22)37-27(28(33)38)26(17-2-6-19(30)7-3-17)18-4-8-20(31)9-5-18/h2-9,13-14,16,21,25-27,36-37H,10-12,15H2,1H3,(H2,33,38)(H2,34,39)/t16-,21+,25+,27-/m0/s1. The lowest BCUT2D eigenvalue weighted by Gasteiger charge is -2.35. The molecule has 2 amide bonds. The third-order valence-electron chi connectivity index (χ3n) is 7.12. The lowest BCUT2D eigenvalue weighted by Crippen LogP contribution is -2.53. The number of primary amides is 2. The number of rotatable bonds is 11. The maximum atomic E-state index is 15.1. The van der Waals surface area contributed by atoms with Gasteiger partial charge < -0.3 is 31.6 Å². The molecule has 0 unspecified atom stereocenters. The molecule has 0 saturated carbocycles. The predicted octanol–water partition coefficient (Wildman–Crippen LogP) is 3.37. The van der Waals surface area contributed by atoms with Gasteiger partial charge in [0.1, 0.15) is 30.1 Å². The third-order valence-corrected chi connectivity index (χ3v) is 7.12. The molecule has 9 nitrogen and oxygen atoms in total. The van der Waals surface area contributed by atoms with E-state index in [-0.39, 0.29) is 42.5 Å². The van der Waals surface area contributed by atoms with E-state index in [2.05, 4.69) is 15.6 Å². The first-order valence-electron chi connectivity index (χ1n) is 13.1. The molecule has 1 saturated heterocycles. The molecule has 3 aromatic rings. The van der Waals surface area contributed by atoms with Gasteiger partial charge in [-0.15, -0.1) is 0 Å². The van der Waals surface area contributed by atoms with Crippen LogP contribution in [0.3, 0.4) is 0 Å². The predicted molar refractivity (Wildman–Crippen MR) is 145 cm³/mol. The Morgan fingerprint density at radius 1 is 1.05 bits per heavy atom. The van der Waals surface area contributed by atoms with E-state index in [1.165, 1.54) is 54.7 Å². The van der Waals surface area contributed by atoms with Crippen LogP contribution in [0.2, 0.25) is 0 Å². The average Bonchev–Trinajstić information content (AvgIpc) is 2.93. The molecule has 12 heteroatoms. The molecule has 0 radical (unpaired) electrons. The highest BCUT2D eigenvalue weighted by molar-refractivity contribution is 5.85. The van der Waals surface area contributed by atoms with Crippen molar-refractivity contribution in [2.75, 3.05) is 18.5 Å². The number of nitrogens with zero attached hydrogens (tertiary/aromatic N) is 1. The number of carbonyl (C=O) groups is 2. The number of amides is 2. The fourth-order valence-corrected chi connectivity index (χ4v) is 4.98. The maximum absolute atomic E-state index is 15.1. The molecule has 4 atom stereocenters. The van der Waals surface area contributed by atoms with Crippen molar-refractivity contribution >= 4 is 17.7 Å². The van der Waals surface area contributed by atoms with Gasteiger partial charge in [-0.1, -0.05) is 24.3 Å². The van der Waals surface area contributed by atoms with Gasteiger partial charge >= 0.3 is 6.09 Å². The summed E-state index contributed by atoms with van der Waals surface area (Å²) in [4.78, 5) is 27.7. The normalized spacial score (nSPS) is 19.5. The van der Waals surface area contributed by atoms with Gasteiger partial charge in [-0.2, -0.15) is 0 Å². The average molecular weight is 572 g/mol. The highest BCUT2D eigenvalue weighted by Crippen LogP contribution is 2.32. The van der Waals surface area contributed by atoms with Crippen molar-refractivity contribution in [1.82, 2.24) is 10.3 Å². The Bertz CT molecular complexity index is 1300. The summed E-state index contributed by atoms with van der Waals surface area (Å²) in [5.41, 5.74) is 12.5. The van der Waals surface area contributed by atoms with Gasteiger partial charge in [0, 0.05) is 18.0 Å². The number of anilines is 1. The van der Waals surface area contributed by atoms with Crippen LogP contribution in [0.1, 0.15) is 36.0 Å². The van der Waals surface area contributed by atoms with Crippen molar-refractivity contribution in [2.45, 2.75) is 50.0 Å². The molecule has 0 spiro atoms. The third kappa shape index (κ3) is 7.74. The Labute approximate surface area is 235 Å². The van der Waals surface area contributed by atoms with E-state index < -0.39 is 41.4 Å². The topological polar surface area (TPSA) is 142 Å². The minimum atomic E-state index is -1.12. The zero-order valence-corrected chi connectivity index (χ0v) is 22.4. The zero-order valence-electron chi connectivity index (χ0n) is 22.4. The fraction of sp³-hybridized carbons (Fsp3) is 0.345. The summed E-state index contributed by atoms with van der Waals surface area (Å²) < 4.78 is 53.4. The summed E-state index contributed by atoms with van der Waals surface area (Å²) in [6.45, 7) is 2.33. The first kappa shape index (κ1) is 29.8. The van der Waals surface area contributed by atoms with Gasteiger partial charge in [0.2, 0.25) is 5.91 Å². The van der Waals surface area contributed by atoms with Crippen LogP contribution in [0, 0.1) is 17.5 Å². The van der Waals surface area contributed by atoms with Crippen molar-refractivity contribution in [3.63, 3.8) is 0 Å². The number of halogens is 3. The molecule has 6 N–H and O–H groups in total. The Morgan fingerprint density at radius 2 is 1.66 bits per heavy atom. The monoisotopic (exact) mass is 571 g/mol. The van der Waals surface area contributed by atoms with Crippen LogP contribution in [0.5, 0.6) is 0 Å². The molecule has 1 fully saturated rings. The van der Waals surface area contributed by atoms with Crippen molar-refractivity contribution in [3.05, 3.63) is 95.1 Å². The number of carbonyl (C=O) groups excluding carboxylic acids is 2. The second-order valence-electron chi connectivity index (χ2n) is 9.90. The van der Waals surface area contributed by atoms with E-state index in [0.29, 0.717) is 24.1 Å². The summed E-state index contributed by atoms with van der Waals surface area (Å²) in [5.74, 6) is -3.02. The number of nitrogens with two attached hydrogens (primary N) is 2. The minimum absolute atomic E-state index is 0.0635. The van der Waals surface area contributed by atoms with E-state index in [1.54, 1.807) is 0 Å². The molecule has 1 aliphatic heterocycles. The highest BCUT2D eigenvalue weighted by Gasteiger charge is 2.32. The van der Waals surface area contributed by atoms with Gasteiger partial charge in [0.25, 0.3) is 0 Å². The number of aromatic nitrogens is 1. The lowest BCUT2D eigenvalue weighted by atomic mass is 9.84. The zero-order chi connectivity index (χ0) is 29.5. The number of pyridine rings is 1. The van der Waals surface area contributed by atoms with Gasteiger partial charge in [0.05, 0.1) is 36.3 Å². The molecule has 0 aliphatic carbocycles. The van der Waals surface area contributed by atoms with E-state index >= 15 is 4.39 Å². The molecule has 1 aliphatic rings. The smallest absolute Gasteiger partial charge is 0.404 e. The number of benzene rings is 2. The summed E-state index contributed by atoms with van der Waals surface area (Å²) >= 11 is 0. The van der Waals surface area contributed by atoms with Crippen molar-refractivity contribution < 1.29 is 32.2 Å². The van der Waals surface area contributed by atoms with Gasteiger partial charge in [-0.05, 0) is 55.2 Å². The fourth-order valence-electron chi connectivity index (χ4n) is 4.98. The molecule has 218 valence electrons. The van der Waals surface area contributed by atoms with E-state index in [1.807, 2.05) is 6.92 Å². The first-order chi connectivity index (χ1) is 19.6. The Hall–Kier alpha value is -4.16. The van der Waals surface area contributed by atoms with Crippen LogP contribution in [-0.4, -0.2) is 54.4 Å². The van der Waals surface area contributed by atoms with Crippen LogP contribution in [0.25, 0.3) is 0 Å². The summed E-state index contributed by atoms with van der Waals surface area (Å²) in [6, 6.07) is 9.72. The van der Waals surface area contributed by atoms with Crippen LogP contribution in [0.4, 0.5) is 23.7 Å². The number of ether oxygens (including phenoxy) is 2. The summed E-state index contributed by atoms with van der Waals surface area (Å²) in [6.07, 6.45) is 1.72. The SMILES string of the molecule is C[C@@H]1O[C@H](CCc2c(F)cncc2N[C@H](C(N)=O)C(c2ccc(F)cc2)c2ccc(F)cc2)CN[C@@H]1COC(N)=O. The summed E-state index contributed by atoms with van der Waals surface area (Å²) in [5, 5.41) is 6.32. The van der Waals surface area contributed by atoms with Crippen LogP contribution >= 0.6 is 0 Å². The van der Waals surface area contributed by atoms with Gasteiger partial charge in [0.15, 0.2) is 0 Å². The van der Waals surface area contributed by atoms with Crippen LogP contribution in [0.15, 0.2) is 60.9 Å². The van der Waals surface area contributed by atoms with Crippen LogP contribution < -0.4 is 22.1 Å². The summed E-state index contributed by atoms with van der Waals surface area (Å²) in [7, 11) is 0. The highest BCUT2D eigenvalue weighted by atomic mass is 19.1. The van der Waals surface area contributed by atoms with Crippen LogP contribution in [-0.2, 0) is 20.7 Å². The van der Waals surface area contributed by atoms with E-state index in [9.17, 15) is 18.4 Å². The molecular weight excluding hydrogens is 539 g/mol. The number of nitrogens with one attached hydrogen (secondary N) is 2. The molecule has 4 rings (SSSR count). The second kappa shape index (κ2) is 13.5. The largest absolute Gasteiger partial charge is 0.448 e. The van der Waals surface area contributed by atoms with E-state index in [4.69, 9.17) is 20.9 Å². The first-order valence-corrected chi connectivity index (χ1v) is 13.1. The number of morpholine rings is 1. The quantitative estimate of drug-likeness (QED) is 0.277. The second-order valence-corrected chi connectivity index (χ2v) is 9.90. The Balaban J connectivity index is 1.55. The Kier molecular flexibility index (Phi) is 9.79. The maximum Gasteiger partial charge on any atom is 0.404 e. The molecule has 1 aromatic heterocycles. The molecule has 2 heterocycles. The lowest BCUT2D eigenvalue weighted by molar-refractivity contribution is -0.119. The van der Waals surface area contributed by atoms with Crippen molar-refractivity contribution in [2.24, 2.45) is 11.5 Å². The number of hydrogen-bond acceptors (Lipinski definition) is 7. The Morgan fingerprint density at radius 3 is 2.20 bits per heavy atom. The molecular formula is C29H32F3N5O4. The van der Waals surface area contributed by atoms with Gasteiger partial charge in [-0.3, -0.25) is 9.78 Å². The molecule has 0 bridgehead atoms. The van der Waals surface area contributed by atoms with Crippen molar-refractivity contribution in [1.29, 1.82) is 0 Å². The minimum Gasteiger partial charge on any atom is -0.448 e. The number of hydrogen-bond donors (Lipinski definition) is 4.